The van der Waals surface area contributed by atoms with Gasteiger partial charge in [0.2, 0.25) is 0 Å². The maximum Gasteiger partial charge on any atom is 0.288 e. The number of nitro groups is 1. The summed E-state index contributed by atoms with van der Waals surface area (Å²) in [7, 11) is -3.66. The summed E-state index contributed by atoms with van der Waals surface area (Å²) in [6.45, 7) is 2.06. The largest absolute Gasteiger partial charge is 0.381 e. The van der Waals surface area contributed by atoms with Crippen LogP contribution in [0, 0.1) is 10.1 Å². The first-order valence-corrected chi connectivity index (χ1v) is 11.2. The van der Waals surface area contributed by atoms with Crippen molar-refractivity contribution in [3.05, 3.63) is 28.3 Å². The van der Waals surface area contributed by atoms with Gasteiger partial charge in [0.05, 0.1) is 4.92 Å². The highest BCUT2D eigenvalue weighted by atomic mass is 32.2. The van der Waals surface area contributed by atoms with Gasteiger partial charge in [-0.1, -0.05) is 19.3 Å². The monoisotopic (exact) mass is 381 g/mol. The molecule has 1 aliphatic heterocycles. The molecule has 1 saturated carbocycles. The first kappa shape index (κ1) is 19.1. The van der Waals surface area contributed by atoms with Crippen molar-refractivity contribution in [3.63, 3.8) is 0 Å². The second kappa shape index (κ2) is 7.92. The number of rotatable bonds is 5. The minimum absolute atomic E-state index is 0.229. The van der Waals surface area contributed by atoms with E-state index in [2.05, 4.69) is 10.2 Å². The van der Waals surface area contributed by atoms with Crippen molar-refractivity contribution in [3.8, 4) is 0 Å². The summed E-state index contributed by atoms with van der Waals surface area (Å²) in [5.74, 6) is 0. The zero-order valence-electron chi connectivity index (χ0n) is 15.2. The summed E-state index contributed by atoms with van der Waals surface area (Å²) in [4.78, 5) is 12.8. The number of sulfone groups is 1. The fourth-order valence-corrected chi connectivity index (χ4v) is 5.05. The molecule has 1 aromatic rings. The maximum atomic E-state index is 11.9. The Morgan fingerprint density at radius 2 is 1.88 bits per heavy atom. The molecule has 1 unspecified atom stereocenters. The van der Waals surface area contributed by atoms with Crippen LogP contribution in [0.15, 0.2) is 23.1 Å². The Balaban J connectivity index is 1.72. The molecule has 1 atom stereocenters. The molecule has 144 valence electrons. The lowest BCUT2D eigenvalue weighted by atomic mass is 9.92. The molecule has 0 radical (unpaired) electrons. The topological polar surface area (TPSA) is 92.6 Å². The Morgan fingerprint density at radius 1 is 1.15 bits per heavy atom. The number of nitrogens with zero attached hydrogens (tertiary/aromatic N) is 2. The molecule has 2 aliphatic rings. The Bertz CT molecular complexity index is 760. The van der Waals surface area contributed by atoms with Gasteiger partial charge in [-0.25, -0.2) is 8.42 Å². The van der Waals surface area contributed by atoms with Crippen LogP contribution in [0.2, 0.25) is 0 Å². The van der Waals surface area contributed by atoms with Crippen LogP contribution in [0.1, 0.15) is 44.9 Å². The fraction of sp³-hybridized carbons (Fsp3) is 0.667. The molecule has 8 heteroatoms. The first-order valence-electron chi connectivity index (χ1n) is 9.33. The van der Waals surface area contributed by atoms with Gasteiger partial charge in [-0.05, 0) is 44.4 Å². The molecule has 1 aromatic carbocycles. The molecule has 1 N–H and O–H groups in total. The van der Waals surface area contributed by atoms with E-state index in [1.54, 1.807) is 6.07 Å². The van der Waals surface area contributed by atoms with Crippen LogP contribution >= 0.6 is 0 Å². The highest BCUT2D eigenvalue weighted by Crippen LogP contribution is 2.29. The summed E-state index contributed by atoms with van der Waals surface area (Å²) < 4.78 is 23.8. The van der Waals surface area contributed by atoms with E-state index in [0.29, 0.717) is 11.7 Å². The van der Waals surface area contributed by atoms with Crippen molar-refractivity contribution in [1.29, 1.82) is 0 Å². The number of benzene rings is 1. The predicted molar refractivity (Wildman–Crippen MR) is 101 cm³/mol. The Labute approximate surface area is 154 Å². The molecule has 7 nitrogen and oxygen atoms in total. The molecule has 1 aliphatic carbocycles. The highest BCUT2D eigenvalue weighted by Gasteiger charge is 2.28. The second-order valence-electron chi connectivity index (χ2n) is 7.48. The van der Waals surface area contributed by atoms with Gasteiger partial charge in [0.1, 0.15) is 4.90 Å². The molecular weight excluding hydrogens is 354 g/mol. The zero-order chi connectivity index (χ0) is 18.7. The molecule has 0 spiro atoms. The molecule has 1 saturated heterocycles. The van der Waals surface area contributed by atoms with Crippen molar-refractivity contribution in [2.75, 3.05) is 24.7 Å². The molecule has 0 bridgehead atoms. The highest BCUT2D eigenvalue weighted by molar-refractivity contribution is 7.90. The van der Waals surface area contributed by atoms with E-state index in [0.717, 1.165) is 32.2 Å². The Morgan fingerprint density at radius 3 is 2.54 bits per heavy atom. The van der Waals surface area contributed by atoms with E-state index in [1.165, 1.54) is 44.2 Å². The van der Waals surface area contributed by atoms with Crippen molar-refractivity contribution >= 4 is 21.2 Å². The van der Waals surface area contributed by atoms with Crippen LogP contribution in [-0.2, 0) is 9.84 Å². The van der Waals surface area contributed by atoms with Gasteiger partial charge >= 0.3 is 0 Å². The molecule has 2 fully saturated rings. The van der Waals surface area contributed by atoms with Crippen LogP contribution in [0.25, 0.3) is 0 Å². The predicted octanol–water partition coefficient (Wildman–Crippen LogP) is 3.21. The lowest BCUT2D eigenvalue weighted by Gasteiger charge is -2.40. The van der Waals surface area contributed by atoms with E-state index < -0.39 is 14.8 Å². The van der Waals surface area contributed by atoms with Gasteiger partial charge in [-0.3, -0.25) is 15.0 Å². The van der Waals surface area contributed by atoms with Crippen LogP contribution in [0.4, 0.5) is 11.4 Å². The van der Waals surface area contributed by atoms with Crippen molar-refractivity contribution < 1.29 is 13.3 Å². The number of nitrogens with one attached hydrogen (secondary N) is 1. The summed E-state index contributed by atoms with van der Waals surface area (Å²) >= 11 is 0. The van der Waals surface area contributed by atoms with Crippen molar-refractivity contribution in [2.24, 2.45) is 0 Å². The third-order valence-electron chi connectivity index (χ3n) is 5.47. The Kier molecular flexibility index (Phi) is 5.82. The fourth-order valence-electron chi connectivity index (χ4n) is 4.19. The van der Waals surface area contributed by atoms with E-state index in [1.807, 2.05) is 0 Å². The van der Waals surface area contributed by atoms with Gasteiger partial charge in [-0.2, -0.15) is 0 Å². The summed E-state index contributed by atoms with van der Waals surface area (Å²) in [5.41, 5.74) is 0.261. The third-order valence-corrected chi connectivity index (χ3v) is 6.60. The smallest absolute Gasteiger partial charge is 0.288 e. The van der Waals surface area contributed by atoms with Crippen LogP contribution < -0.4 is 5.32 Å². The van der Waals surface area contributed by atoms with Crippen LogP contribution in [0.5, 0.6) is 0 Å². The summed E-state index contributed by atoms with van der Waals surface area (Å²) in [5, 5.41) is 14.5. The lowest BCUT2D eigenvalue weighted by Crippen LogP contribution is -2.47. The van der Waals surface area contributed by atoms with Gasteiger partial charge in [0.25, 0.3) is 5.69 Å². The minimum Gasteiger partial charge on any atom is -0.381 e. The maximum absolute atomic E-state index is 11.9. The number of hydrogen-bond donors (Lipinski definition) is 1. The molecule has 0 amide bonds. The Hall–Kier alpha value is -1.67. The number of piperidine rings is 1. The van der Waals surface area contributed by atoms with Crippen molar-refractivity contribution in [1.82, 2.24) is 4.90 Å². The number of hydrogen-bond acceptors (Lipinski definition) is 6. The standard InChI is InChI=1S/C18H27N3O4S/c1-26(24,25)18-12-14(9-10-17(18)21(22)23)19-15-6-5-11-20(13-15)16-7-3-2-4-8-16/h9-10,12,15-16,19H,2-8,11,13H2,1H3. The van der Waals surface area contributed by atoms with Gasteiger partial charge in [0, 0.05) is 36.6 Å². The average molecular weight is 381 g/mol. The lowest BCUT2D eigenvalue weighted by molar-refractivity contribution is -0.387. The third kappa shape index (κ3) is 4.54. The SMILES string of the molecule is CS(=O)(=O)c1cc(NC2CCCN(C3CCCCC3)C2)ccc1[N+](=O)[O-]. The quantitative estimate of drug-likeness (QED) is 0.622. The van der Waals surface area contributed by atoms with Gasteiger partial charge in [-0.15, -0.1) is 0 Å². The summed E-state index contributed by atoms with van der Waals surface area (Å²) in [6.07, 6.45) is 9.62. The van der Waals surface area contributed by atoms with Gasteiger partial charge < -0.3 is 5.32 Å². The number of likely N-dealkylation sites (tertiary alicyclic amines) is 1. The molecule has 1 heterocycles. The first-order chi connectivity index (χ1) is 12.3. The molecular formula is C18H27N3O4S. The van der Waals surface area contributed by atoms with Crippen LogP contribution in [-0.4, -0.2) is 49.7 Å². The van der Waals surface area contributed by atoms with E-state index in [9.17, 15) is 18.5 Å². The van der Waals surface area contributed by atoms with Crippen LogP contribution in [0.3, 0.4) is 0 Å². The van der Waals surface area contributed by atoms with E-state index >= 15 is 0 Å². The molecule has 26 heavy (non-hydrogen) atoms. The second-order valence-corrected chi connectivity index (χ2v) is 9.47. The number of anilines is 1. The van der Waals surface area contributed by atoms with Crippen molar-refractivity contribution in [2.45, 2.75) is 61.9 Å². The van der Waals surface area contributed by atoms with E-state index in [-0.39, 0.29) is 16.6 Å². The zero-order valence-corrected chi connectivity index (χ0v) is 16.0. The average Bonchev–Trinajstić information content (AvgIpc) is 2.62. The normalized spacial score (nSPS) is 22.9. The summed E-state index contributed by atoms with van der Waals surface area (Å²) in [6, 6.07) is 5.18. The molecule has 0 aromatic heterocycles. The minimum atomic E-state index is -3.66. The number of nitro benzene ring substituents is 1. The van der Waals surface area contributed by atoms with E-state index in [4.69, 9.17) is 0 Å². The molecule has 3 rings (SSSR count). The van der Waals surface area contributed by atoms with Gasteiger partial charge in [0.15, 0.2) is 9.84 Å².